The summed E-state index contributed by atoms with van der Waals surface area (Å²) in [5.74, 6) is 0.564. The lowest BCUT2D eigenvalue weighted by Crippen LogP contribution is -2.25. The smallest absolute Gasteiger partial charge is 0.358 e. The molecule has 18 heavy (non-hydrogen) atoms. The van der Waals surface area contributed by atoms with Crippen molar-refractivity contribution in [3.63, 3.8) is 0 Å². The average molecular weight is 251 g/mol. The number of carbonyl (C=O) groups excluding carboxylic acids is 1. The zero-order valence-corrected chi connectivity index (χ0v) is 11.5. The second-order valence-corrected chi connectivity index (χ2v) is 5.85. The molecule has 100 valence electrons. The molecule has 0 aromatic carbocycles. The molecule has 0 aliphatic heterocycles. The Bertz CT molecular complexity index is 467. The van der Waals surface area contributed by atoms with Crippen molar-refractivity contribution in [3.05, 3.63) is 11.3 Å². The maximum atomic E-state index is 11.8. The first-order valence-corrected chi connectivity index (χ1v) is 6.33. The highest BCUT2D eigenvalue weighted by molar-refractivity contribution is 5.90. The van der Waals surface area contributed by atoms with Gasteiger partial charge in [0.2, 0.25) is 0 Å². The monoisotopic (exact) mass is 251 g/mol. The van der Waals surface area contributed by atoms with Gasteiger partial charge in [0.05, 0.1) is 12.6 Å². The van der Waals surface area contributed by atoms with Crippen molar-refractivity contribution in [1.82, 2.24) is 9.78 Å². The Morgan fingerprint density at radius 3 is 2.44 bits per heavy atom. The number of aromatic nitrogens is 2. The molecule has 2 rings (SSSR count). The van der Waals surface area contributed by atoms with Gasteiger partial charge < -0.3 is 10.5 Å². The number of rotatable bonds is 2. The number of nitrogen functional groups attached to an aromatic ring is 1. The maximum absolute atomic E-state index is 11.8. The lowest BCUT2D eigenvalue weighted by atomic mass is 9.79. The van der Waals surface area contributed by atoms with Gasteiger partial charge in [0.25, 0.3) is 0 Å². The standard InChI is InChI=1S/C13H21N3O2/c1-13(2,3)16-11(14)9(8-6-5-7-8)10(15-16)12(17)18-4/h8H,5-7,14H2,1-4H3. The minimum absolute atomic E-state index is 0.241. The number of esters is 1. The number of ether oxygens (including phenoxy) is 1. The molecular formula is C13H21N3O2. The first kappa shape index (κ1) is 12.9. The Morgan fingerprint density at radius 2 is 2.06 bits per heavy atom. The predicted molar refractivity (Wildman–Crippen MR) is 69.6 cm³/mol. The zero-order valence-electron chi connectivity index (χ0n) is 11.5. The zero-order chi connectivity index (χ0) is 13.5. The summed E-state index contributed by atoms with van der Waals surface area (Å²) in [5, 5.41) is 4.37. The predicted octanol–water partition coefficient (Wildman–Crippen LogP) is 2.27. The van der Waals surface area contributed by atoms with Crippen LogP contribution in [0, 0.1) is 0 Å². The lowest BCUT2D eigenvalue weighted by molar-refractivity contribution is 0.0589. The summed E-state index contributed by atoms with van der Waals surface area (Å²) in [6, 6.07) is 0. The molecule has 1 aromatic heterocycles. The number of carbonyl (C=O) groups is 1. The highest BCUT2D eigenvalue weighted by atomic mass is 16.5. The topological polar surface area (TPSA) is 70.1 Å². The Kier molecular flexibility index (Phi) is 3.09. The molecule has 0 amide bonds. The van der Waals surface area contributed by atoms with E-state index >= 15 is 0 Å². The minimum atomic E-state index is -0.397. The lowest BCUT2D eigenvalue weighted by Gasteiger charge is -2.26. The third-order valence-electron chi connectivity index (χ3n) is 3.49. The van der Waals surface area contributed by atoms with Gasteiger partial charge >= 0.3 is 5.97 Å². The fourth-order valence-corrected chi connectivity index (χ4v) is 2.30. The molecule has 0 bridgehead atoms. The van der Waals surface area contributed by atoms with Gasteiger partial charge in [0.1, 0.15) is 5.82 Å². The molecule has 1 aliphatic rings. The van der Waals surface area contributed by atoms with Crippen LogP contribution in [0.2, 0.25) is 0 Å². The fourth-order valence-electron chi connectivity index (χ4n) is 2.30. The van der Waals surface area contributed by atoms with Gasteiger partial charge in [0.15, 0.2) is 5.69 Å². The molecular weight excluding hydrogens is 230 g/mol. The van der Waals surface area contributed by atoms with Crippen molar-refractivity contribution in [2.45, 2.75) is 51.5 Å². The van der Waals surface area contributed by atoms with E-state index in [9.17, 15) is 4.79 Å². The van der Waals surface area contributed by atoms with Gasteiger partial charge in [-0.2, -0.15) is 5.10 Å². The van der Waals surface area contributed by atoms with Crippen molar-refractivity contribution < 1.29 is 9.53 Å². The first-order valence-electron chi connectivity index (χ1n) is 6.33. The van der Waals surface area contributed by atoms with Gasteiger partial charge in [-0.1, -0.05) is 6.42 Å². The SMILES string of the molecule is COC(=O)c1nn(C(C)(C)C)c(N)c1C1CCC1. The quantitative estimate of drug-likeness (QED) is 0.819. The van der Waals surface area contributed by atoms with Gasteiger partial charge in [-0.25, -0.2) is 9.48 Å². The van der Waals surface area contributed by atoms with E-state index in [0.717, 1.165) is 18.4 Å². The summed E-state index contributed by atoms with van der Waals surface area (Å²) in [6.07, 6.45) is 3.33. The van der Waals surface area contributed by atoms with E-state index in [1.807, 2.05) is 20.8 Å². The van der Waals surface area contributed by atoms with Crippen molar-refractivity contribution in [3.8, 4) is 0 Å². The van der Waals surface area contributed by atoms with Crippen LogP contribution in [-0.4, -0.2) is 22.9 Å². The van der Waals surface area contributed by atoms with Crippen LogP contribution in [-0.2, 0) is 10.3 Å². The normalized spacial score (nSPS) is 16.4. The third kappa shape index (κ3) is 1.98. The summed E-state index contributed by atoms with van der Waals surface area (Å²) in [5.41, 5.74) is 7.21. The summed E-state index contributed by atoms with van der Waals surface area (Å²) >= 11 is 0. The van der Waals surface area contributed by atoms with Crippen LogP contribution in [0.5, 0.6) is 0 Å². The third-order valence-corrected chi connectivity index (χ3v) is 3.49. The number of hydrogen-bond acceptors (Lipinski definition) is 4. The molecule has 1 aliphatic carbocycles. The van der Waals surface area contributed by atoms with E-state index in [2.05, 4.69) is 5.10 Å². The molecule has 0 saturated heterocycles. The van der Waals surface area contributed by atoms with Gasteiger partial charge in [0, 0.05) is 5.56 Å². The molecule has 1 saturated carbocycles. The van der Waals surface area contributed by atoms with E-state index in [-0.39, 0.29) is 5.54 Å². The van der Waals surface area contributed by atoms with Crippen molar-refractivity contribution in [1.29, 1.82) is 0 Å². The second kappa shape index (κ2) is 4.30. The van der Waals surface area contributed by atoms with Crippen molar-refractivity contribution in [2.24, 2.45) is 0 Å². The number of hydrogen-bond donors (Lipinski definition) is 1. The van der Waals surface area contributed by atoms with Crippen molar-refractivity contribution >= 4 is 11.8 Å². The Morgan fingerprint density at radius 1 is 1.44 bits per heavy atom. The van der Waals surface area contributed by atoms with Crippen LogP contribution in [0.4, 0.5) is 5.82 Å². The largest absolute Gasteiger partial charge is 0.464 e. The molecule has 5 heteroatoms. The molecule has 1 aromatic rings. The molecule has 0 spiro atoms. The molecule has 1 fully saturated rings. The Labute approximate surface area is 107 Å². The second-order valence-electron chi connectivity index (χ2n) is 5.85. The van der Waals surface area contributed by atoms with Crippen molar-refractivity contribution in [2.75, 3.05) is 12.8 Å². The summed E-state index contributed by atoms with van der Waals surface area (Å²) < 4.78 is 6.54. The first-order chi connectivity index (χ1) is 8.36. The van der Waals surface area contributed by atoms with E-state index in [4.69, 9.17) is 10.5 Å². The van der Waals surface area contributed by atoms with Gasteiger partial charge in [-0.3, -0.25) is 0 Å². The Hall–Kier alpha value is -1.52. The molecule has 1 heterocycles. The highest BCUT2D eigenvalue weighted by Crippen LogP contribution is 2.42. The van der Waals surface area contributed by atoms with Crippen LogP contribution in [0.15, 0.2) is 0 Å². The van der Waals surface area contributed by atoms with E-state index in [0.29, 0.717) is 17.4 Å². The number of anilines is 1. The minimum Gasteiger partial charge on any atom is -0.464 e. The van der Waals surface area contributed by atoms with E-state index < -0.39 is 5.97 Å². The molecule has 2 N–H and O–H groups in total. The summed E-state index contributed by atoms with van der Waals surface area (Å²) in [6.45, 7) is 6.05. The number of nitrogens with two attached hydrogens (primary N) is 1. The van der Waals surface area contributed by atoms with Gasteiger partial charge in [-0.05, 0) is 39.5 Å². The fraction of sp³-hybridized carbons (Fsp3) is 0.692. The molecule has 5 nitrogen and oxygen atoms in total. The average Bonchev–Trinajstić information content (AvgIpc) is 2.53. The maximum Gasteiger partial charge on any atom is 0.358 e. The number of methoxy groups -OCH3 is 1. The molecule has 0 atom stereocenters. The van der Waals surface area contributed by atoms with Gasteiger partial charge in [-0.15, -0.1) is 0 Å². The van der Waals surface area contributed by atoms with E-state index in [1.54, 1.807) is 4.68 Å². The van der Waals surface area contributed by atoms with Crippen LogP contribution >= 0.6 is 0 Å². The molecule has 0 radical (unpaired) electrons. The van der Waals surface area contributed by atoms with Crippen LogP contribution in [0.25, 0.3) is 0 Å². The van der Waals surface area contributed by atoms with E-state index in [1.165, 1.54) is 13.5 Å². The summed E-state index contributed by atoms with van der Waals surface area (Å²) in [4.78, 5) is 11.8. The van der Waals surface area contributed by atoms with Crippen LogP contribution < -0.4 is 5.73 Å². The highest BCUT2D eigenvalue weighted by Gasteiger charge is 2.33. The molecule has 0 unspecified atom stereocenters. The Balaban J connectivity index is 2.53. The van der Waals surface area contributed by atoms with Crippen LogP contribution in [0.3, 0.4) is 0 Å². The number of nitrogens with zero attached hydrogens (tertiary/aromatic N) is 2. The van der Waals surface area contributed by atoms with Crippen LogP contribution in [0.1, 0.15) is 62.0 Å². The summed E-state index contributed by atoms with van der Waals surface area (Å²) in [7, 11) is 1.37.